The van der Waals surface area contributed by atoms with Crippen LogP contribution in [0.15, 0.2) is 41.3 Å². The number of rotatable bonds is 6. The van der Waals surface area contributed by atoms with Gasteiger partial charge < -0.3 is 10.2 Å². The van der Waals surface area contributed by atoms with Gasteiger partial charge in [0.2, 0.25) is 21.8 Å². The zero-order valence-corrected chi connectivity index (χ0v) is 20.0. The molecule has 2 aromatic carbocycles. The van der Waals surface area contributed by atoms with Crippen LogP contribution < -0.4 is 14.9 Å². The number of benzene rings is 2. The fraction of sp³-hybridized carbons (Fsp3) is 0.417. The second-order valence-electron chi connectivity index (χ2n) is 8.72. The summed E-state index contributed by atoms with van der Waals surface area (Å²) >= 11 is 0. The minimum absolute atomic E-state index is 0.0670. The van der Waals surface area contributed by atoms with Gasteiger partial charge in [-0.2, -0.15) is 4.72 Å². The van der Waals surface area contributed by atoms with Crippen LogP contribution in [-0.4, -0.2) is 32.8 Å². The molecule has 7 nitrogen and oxygen atoms in total. The average molecular weight is 458 g/mol. The Labute approximate surface area is 190 Å². The van der Waals surface area contributed by atoms with Crippen molar-refractivity contribution in [2.75, 3.05) is 16.8 Å². The minimum atomic E-state index is -3.95. The molecule has 1 aliphatic rings. The topological polar surface area (TPSA) is 95.6 Å². The SMILES string of the molecule is CC(=O)N1CCCc2cc(S(=O)(=O)N[C@@H](C(=O)Nc3cc(C)ccc3C)C(C)C)ccc21. The van der Waals surface area contributed by atoms with E-state index in [-0.39, 0.29) is 16.7 Å². The van der Waals surface area contributed by atoms with E-state index in [2.05, 4.69) is 10.0 Å². The van der Waals surface area contributed by atoms with Crippen molar-refractivity contribution >= 4 is 33.2 Å². The number of carbonyl (C=O) groups excluding carboxylic acids is 2. The minimum Gasteiger partial charge on any atom is -0.324 e. The van der Waals surface area contributed by atoms with E-state index >= 15 is 0 Å². The largest absolute Gasteiger partial charge is 0.324 e. The molecule has 0 saturated heterocycles. The highest BCUT2D eigenvalue weighted by molar-refractivity contribution is 7.89. The quantitative estimate of drug-likeness (QED) is 0.694. The molecule has 8 heteroatoms. The maximum atomic E-state index is 13.2. The molecular formula is C24H31N3O4S. The van der Waals surface area contributed by atoms with Gasteiger partial charge in [-0.25, -0.2) is 8.42 Å². The van der Waals surface area contributed by atoms with Gasteiger partial charge in [-0.15, -0.1) is 0 Å². The molecule has 2 N–H and O–H groups in total. The van der Waals surface area contributed by atoms with E-state index in [9.17, 15) is 18.0 Å². The summed E-state index contributed by atoms with van der Waals surface area (Å²) in [6.07, 6.45) is 1.47. The van der Waals surface area contributed by atoms with Gasteiger partial charge in [0.15, 0.2) is 0 Å². The molecule has 2 aromatic rings. The van der Waals surface area contributed by atoms with Crippen LogP contribution in [-0.2, 0) is 26.0 Å². The van der Waals surface area contributed by atoms with Crippen LogP contribution >= 0.6 is 0 Å². The molecule has 0 radical (unpaired) electrons. The first-order valence-electron chi connectivity index (χ1n) is 10.8. The number of sulfonamides is 1. The molecule has 1 aliphatic heterocycles. The van der Waals surface area contributed by atoms with Gasteiger partial charge in [-0.1, -0.05) is 26.0 Å². The summed E-state index contributed by atoms with van der Waals surface area (Å²) in [4.78, 5) is 26.6. The van der Waals surface area contributed by atoms with Crippen molar-refractivity contribution in [2.45, 2.75) is 58.4 Å². The molecule has 0 unspecified atom stereocenters. The van der Waals surface area contributed by atoms with Gasteiger partial charge in [-0.05, 0) is 73.6 Å². The van der Waals surface area contributed by atoms with E-state index in [1.807, 2.05) is 32.0 Å². The highest BCUT2D eigenvalue weighted by atomic mass is 32.2. The Kier molecular flexibility index (Phi) is 7.05. The average Bonchev–Trinajstić information content (AvgIpc) is 2.73. The second kappa shape index (κ2) is 9.42. The van der Waals surface area contributed by atoms with Gasteiger partial charge in [0.05, 0.1) is 4.90 Å². The number of aryl methyl sites for hydroxylation is 3. The molecule has 0 spiro atoms. The first-order chi connectivity index (χ1) is 15.0. The van der Waals surface area contributed by atoms with Gasteiger partial charge in [-0.3, -0.25) is 9.59 Å². The fourth-order valence-electron chi connectivity index (χ4n) is 3.88. The maximum absolute atomic E-state index is 13.2. The number of amides is 2. The first kappa shape index (κ1) is 23.9. The van der Waals surface area contributed by atoms with Gasteiger partial charge in [0.1, 0.15) is 6.04 Å². The van der Waals surface area contributed by atoms with E-state index in [0.29, 0.717) is 18.7 Å². The molecule has 1 atom stereocenters. The lowest BCUT2D eigenvalue weighted by atomic mass is 10.0. The summed E-state index contributed by atoms with van der Waals surface area (Å²) in [5.41, 5.74) is 4.13. The number of hydrogen-bond acceptors (Lipinski definition) is 4. The maximum Gasteiger partial charge on any atom is 0.242 e. The summed E-state index contributed by atoms with van der Waals surface area (Å²) in [5.74, 6) is -0.735. The summed E-state index contributed by atoms with van der Waals surface area (Å²) in [6, 6.07) is 9.56. The third-order valence-electron chi connectivity index (χ3n) is 5.74. The van der Waals surface area contributed by atoms with Crippen LogP contribution in [0.4, 0.5) is 11.4 Å². The van der Waals surface area contributed by atoms with E-state index < -0.39 is 22.0 Å². The highest BCUT2D eigenvalue weighted by Crippen LogP contribution is 2.30. The predicted octanol–water partition coefficient (Wildman–Crippen LogP) is 3.54. The summed E-state index contributed by atoms with van der Waals surface area (Å²) in [5, 5.41) is 2.86. The Hall–Kier alpha value is -2.71. The van der Waals surface area contributed by atoms with Crippen LogP contribution in [0.25, 0.3) is 0 Å². The second-order valence-corrected chi connectivity index (χ2v) is 10.4. The fourth-order valence-corrected chi connectivity index (χ4v) is 5.27. The van der Waals surface area contributed by atoms with Crippen LogP contribution in [0.1, 0.15) is 43.9 Å². The third-order valence-corrected chi connectivity index (χ3v) is 7.18. The number of anilines is 2. The lowest BCUT2D eigenvalue weighted by molar-refractivity contribution is -0.118. The first-order valence-corrected chi connectivity index (χ1v) is 12.3. The molecule has 3 rings (SSSR count). The van der Waals surface area contributed by atoms with Crippen LogP contribution in [0.5, 0.6) is 0 Å². The van der Waals surface area contributed by atoms with Crippen LogP contribution in [0.2, 0.25) is 0 Å². The standard InChI is InChI=1S/C24H31N3O4S/c1-15(2)23(24(29)25-21-13-16(3)8-9-17(21)4)26-32(30,31)20-10-11-22-19(14-20)7-6-12-27(22)18(5)28/h8-11,13-15,23,26H,6-7,12H2,1-5H3,(H,25,29)/t23-/m1/s1. The van der Waals surface area contributed by atoms with Gasteiger partial charge in [0, 0.05) is 24.8 Å². The van der Waals surface area contributed by atoms with Crippen molar-refractivity contribution in [3.8, 4) is 0 Å². The van der Waals surface area contributed by atoms with Crippen molar-refractivity contribution in [2.24, 2.45) is 5.92 Å². The molecule has 0 bridgehead atoms. The molecule has 1 heterocycles. The molecule has 0 aliphatic carbocycles. The normalized spacial score (nSPS) is 14.8. The Bertz CT molecular complexity index is 1140. The monoisotopic (exact) mass is 457 g/mol. The van der Waals surface area contributed by atoms with E-state index in [1.165, 1.54) is 13.0 Å². The van der Waals surface area contributed by atoms with Crippen LogP contribution in [0, 0.1) is 19.8 Å². The highest BCUT2D eigenvalue weighted by Gasteiger charge is 2.30. The van der Waals surface area contributed by atoms with Crippen molar-refractivity contribution < 1.29 is 18.0 Å². The summed E-state index contributed by atoms with van der Waals surface area (Å²) < 4.78 is 28.9. The van der Waals surface area contributed by atoms with Crippen LogP contribution in [0.3, 0.4) is 0 Å². The van der Waals surface area contributed by atoms with Gasteiger partial charge in [0.25, 0.3) is 0 Å². The molecule has 0 fully saturated rings. The Morgan fingerprint density at radius 3 is 2.44 bits per heavy atom. The number of nitrogens with one attached hydrogen (secondary N) is 2. The van der Waals surface area contributed by atoms with Crippen molar-refractivity contribution in [1.82, 2.24) is 4.72 Å². The molecule has 0 saturated carbocycles. The summed E-state index contributed by atoms with van der Waals surface area (Å²) in [6.45, 7) is 9.55. The molecule has 0 aromatic heterocycles. The zero-order chi connectivity index (χ0) is 23.6. The van der Waals surface area contributed by atoms with Crippen molar-refractivity contribution in [1.29, 1.82) is 0 Å². The molecular weight excluding hydrogens is 426 g/mol. The molecule has 2 amide bonds. The Morgan fingerprint density at radius 1 is 1.06 bits per heavy atom. The number of nitrogens with zero attached hydrogens (tertiary/aromatic N) is 1. The van der Waals surface area contributed by atoms with E-state index in [4.69, 9.17) is 0 Å². The van der Waals surface area contributed by atoms with E-state index in [1.54, 1.807) is 30.9 Å². The van der Waals surface area contributed by atoms with Crippen molar-refractivity contribution in [3.05, 3.63) is 53.1 Å². The van der Waals surface area contributed by atoms with Gasteiger partial charge >= 0.3 is 0 Å². The zero-order valence-electron chi connectivity index (χ0n) is 19.2. The smallest absolute Gasteiger partial charge is 0.242 e. The summed E-state index contributed by atoms with van der Waals surface area (Å²) in [7, 11) is -3.95. The van der Waals surface area contributed by atoms with Crippen molar-refractivity contribution in [3.63, 3.8) is 0 Å². The van der Waals surface area contributed by atoms with E-state index in [0.717, 1.165) is 28.8 Å². The Balaban J connectivity index is 1.85. The molecule has 32 heavy (non-hydrogen) atoms. The number of carbonyl (C=O) groups is 2. The number of fused-ring (bicyclic) bond motifs is 1. The lowest BCUT2D eigenvalue weighted by Crippen LogP contribution is -2.47. The molecule has 172 valence electrons. The lowest BCUT2D eigenvalue weighted by Gasteiger charge is -2.29. The predicted molar refractivity (Wildman–Crippen MR) is 126 cm³/mol. The Morgan fingerprint density at radius 2 is 1.78 bits per heavy atom. The third kappa shape index (κ3) is 5.19. The number of hydrogen-bond donors (Lipinski definition) is 2.